The van der Waals surface area contributed by atoms with Gasteiger partial charge in [-0.3, -0.25) is 0 Å². The van der Waals surface area contributed by atoms with Gasteiger partial charge in [0.1, 0.15) is 0 Å². The first-order valence-corrected chi connectivity index (χ1v) is 13.3. The molecule has 0 aliphatic heterocycles. The summed E-state index contributed by atoms with van der Waals surface area (Å²) in [6, 6.07) is 0. The summed E-state index contributed by atoms with van der Waals surface area (Å²) in [4.78, 5) is 0. The fourth-order valence-corrected chi connectivity index (χ4v) is 15.6. The van der Waals surface area contributed by atoms with Gasteiger partial charge in [-0.25, -0.2) is 0 Å². The lowest BCUT2D eigenvalue weighted by Gasteiger charge is -2.46. The molecule has 0 aliphatic carbocycles. The molecule has 0 aliphatic rings. The molecule has 0 amide bonds. The van der Waals surface area contributed by atoms with Crippen molar-refractivity contribution in [3.63, 3.8) is 0 Å². The predicted octanol–water partition coefficient (Wildman–Crippen LogP) is 4.20. The quantitative estimate of drug-likeness (QED) is 0.553. The Morgan fingerprint density at radius 3 is 1.17 bits per heavy atom. The molecule has 0 saturated heterocycles. The van der Waals surface area contributed by atoms with E-state index < -0.39 is 16.1 Å². The van der Waals surface area contributed by atoms with Gasteiger partial charge in [-0.1, -0.05) is 55.2 Å². The molecule has 0 heterocycles. The molecule has 0 saturated carbocycles. The van der Waals surface area contributed by atoms with E-state index in [1.54, 1.807) is 0 Å². The maximum absolute atomic E-state index is 4.01. The maximum atomic E-state index is 4.01. The molecule has 74 valence electrons. The Morgan fingerprint density at radius 2 is 1.17 bits per heavy atom. The van der Waals surface area contributed by atoms with Gasteiger partial charge in [0, 0.05) is 0 Å². The number of hydrogen-bond acceptors (Lipinski definition) is 1. The van der Waals surface area contributed by atoms with Gasteiger partial charge in [0.25, 0.3) is 0 Å². The fourth-order valence-electron chi connectivity index (χ4n) is 1.74. The third kappa shape index (κ3) is 2.39. The molecule has 0 fully saturated rings. The van der Waals surface area contributed by atoms with Crippen molar-refractivity contribution in [1.82, 2.24) is 0 Å². The first kappa shape index (κ1) is 13.3. The molecule has 0 rings (SSSR count). The zero-order valence-corrected chi connectivity index (χ0v) is 13.7. The standard InChI is InChI=1S/C8H21BrSSi2/c1-10-8(9,11(2,3)4)12(5,6)7/h1-7H3. The van der Waals surface area contributed by atoms with Gasteiger partial charge in [-0.2, -0.15) is 11.8 Å². The highest BCUT2D eigenvalue weighted by Gasteiger charge is 2.50. The normalized spacial score (nSPS) is 15.0. The molecule has 12 heavy (non-hydrogen) atoms. The average Bonchev–Trinajstić information content (AvgIpc) is 1.81. The Hall–Kier alpha value is 1.26. The van der Waals surface area contributed by atoms with Crippen molar-refractivity contribution in [3.05, 3.63) is 0 Å². The zero-order valence-electron chi connectivity index (χ0n) is 9.29. The Labute approximate surface area is 92.0 Å². The third-order valence-electron chi connectivity index (χ3n) is 2.21. The minimum Gasteiger partial charge on any atom is -0.154 e. The monoisotopic (exact) mass is 284 g/mol. The Morgan fingerprint density at radius 1 is 0.917 bits per heavy atom. The van der Waals surface area contributed by atoms with E-state index in [0.29, 0.717) is 2.90 Å². The van der Waals surface area contributed by atoms with Crippen LogP contribution in [-0.4, -0.2) is 25.3 Å². The topological polar surface area (TPSA) is 0 Å². The molecule has 0 unspecified atom stereocenters. The van der Waals surface area contributed by atoms with E-state index in [1.165, 1.54) is 0 Å². The molecular formula is C8H21BrSSi2. The SMILES string of the molecule is CSC(Br)([Si](C)(C)C)[Si](C)(C)C. The number of thioether (sulfide) groups is 1. The van der Waals surface area contributed by atoms with Gasteiger partial charge < -0.3 is 0 Å². The summed E-state index contributed by atoms with van der Waals surface area (Å²) < 4.78 is 0.424. The second-order valence-corrected chi connectivity index (χ2v) is 21.2. The van der Waals surface area contributed by atoms with Crippen LogP contribution in [0.3, 0.4) is 0 Å². The smallest absolute Gasteiger partial charge is 0.0722 e. The number of halogens is 1. The molecule has 0 nitrogen and oxygen atoms in total. The van der Waals surface area contributed by atoms with Crippen LogP contribution in [0.1, 0.15) is 0 Å². The van der Waals surface area contributed by atoms with Crippen LogP contribution in [0, 0.1) is 0 Å². The lowest BCUT2D eigenvalue weighted by atomic mass is 11.7. The number of hydrogen-bond donors (Lipinski definition) is 0. The van der Waals surface area contributed by atoms with E-state index in [1.807, 2.05) is 11.8 Å². The van der Waals surface area contributed by atoms with Crippen molar-refractivity contribution in [1.29, 1.82) is 0 Å². The van der Waals surface area contributed by atoms with Crippen molar-refractivity contribution in [2.24, 2.45) is 0 Å². The molecule has 0 aromatic carbocycles. The van der Waals surface area contributed by atoms with E-state index in [2.05, 4.69) is 61.5 Å². The second-order valence-electron chi connectivity index (χ2n) is 5.30. The summed E-state index contributed by atoms with van der Waals surface area (Å²) in [6.45, 7) is 14.7. The van der Waals surface area contributed by atoms with Crippen LogP contribution >= 0.6 is 27.7 Å². The Kier molecular flexibility index (Phi) is 4.19. The zero-order chi connectivity index (χ0) is 10.2. The Balaban J connectivity index is 4.95. The van der Waals surface area contributed by atoms with E-state index >= 15 is 0 Å². The largest absolute Gasteiger partial charge is 0.154 e. The van der Waals surface area contributed by atoms with Crippen LogP contribution in [0.25, 0.3) is 0 Å². The van der Waals surface area contributed by atoms with Crippen molar-refractivity contribution in [2.45, 2.75) is 42.2 Å². The van der Waals surface area contributed by atoms with Gasteiger partial charge in [0.05, 0.1) is 19.1 Å². The molecular weight excluding hydrogens is 264 g/mol. The minimum atomic E-state index is -1.10. The molecule has 4 heteroatoms. The van der Waals surface area contributed by atoms with Crippen molar-refractivity contribution >= 4 is 43.8 Å². The van der Waals surface area contributed by atoms with Crippen molar-refractivity contribution in [2.75, 3.05) is 6.26 Å². The highest BCUT2D eigenvalue weighted by molar-refractivity contribution is 9.13. The van der Waals surface area contributed by atoms with Crippen molar-refractivity contribution < 1.29 is 0 Å². The Bertz CT molecular complexity index is 143. The predicted molar refractivity (Wildman–Crippen MR) is 71.9 cm³/mol. The number of rotatable bonds is 3. The lowest BCUT2D eigenvalue weighted by Crippen LogP contribution is -2.59. The molecule has 0 spiro atoms. The lowest BCUT2D eigenvalue weighted by molar-refractivity contribution is 1.42. The first-order chi connectivity index (χ1) is 5.06. The molecule has 0 atom stereocenters. The van der Waals surface area contributed by atoms with E-state index in [0.717, 1.165) is 0 Å². The van der Waals surface area contributed by atoms with Gasteiger partial charge >= 0.3 is 0 Å². The first-order valence-electron chi connectivity index (χ1n) is 4.30. The summed E-state index contributed by atoms with van der Waals surface area (Å²) in [6.07, 6.45) is 2.24. The van der Waals surface area contributed by atoms with Crippen LogP contribution < -0.4 is 0 Å². The molecule has 0 radical (unpaired) electrons. The molecule has 0 bridgehead atoms. The van der Waals surface area contributed by atoms with Gasteiger partial charge in [-0.15, -0.1) is 0 Å². The molecule has 0 aromatic heterocycles. The summed E-state index contributed by atoms with van der Waals surface area (Å²) in [5.41, 5.74) is 0. The van der Waals surface area contributed by atoms with Crippen LogP contribution in [0.2, 0.25) is 39.3 Å². The van der Waals surface area contributed by atoms with Crippen LogP contribution in [0.4, 0.5) is 0 Å². The fraction of sp³-hybridized carbons (Fsp3) is 1.00. The maximum Gasteiger partial charge on any atom is 0.0722 e. The van der Waals surface area contributed by atoms with Gasteiger partial charge in [0.2, 0.25) is 0 Å². The minimum absolute atomic E-state index is 0.424. The third-order valence-corrected chi connectivity index (χ3v) is 24.1. The molecule has 0 N–H and O–H groups in total. The van der Waals surface area contributed by atoms with E-state index in [-0.39, 0.29) is 0 Å². The average molecular weight is 285 g/mol. The van der Waals surface area contributed by atoms with Gasteiger partial charge in [0.15, 0.2) is 0 Å². The highest BCUT2D eigenvalue weighted by Crippen LogP contribution is 2.46. The van der Waals surface area contributed by atoms with Crippen LogP contribution in [0.5, 0.6) is 0 Å². The summed E-state index contributed by atoms with van der Waals surface area (Å²) in [5, 5.41) is 0. The van der Waals surface area contributed by atoms with Crippen molar-refractivity contribution in [3.8, 4) is 0 Å². The second kappa shape index (κ2) is 3.79. The summed E-state index contributed by atoms with van der Waals surface area (Å²) >= 11 is 6.04. The number of alkyl halides is 1. The summed E-state index contributed by atoms with van der Waals surface area (Å²) in [5.74, 6) is 0. The van der Waals surface area contributed by atoms with Gasteiger partial charge in [-0.05, 0) is 6.26 Å². The van der Waals surface area contributed by atoms with Crippen LogP contribution in [-0.2, 0) is 0 Å². The van der Waals surface area contributed by atoms with E-state index in [4.69, 9.17) is 0 Å². The summed E-state index contributed by atoms with van der Waals surface area (Å²) in [7, 11) is -2.21. The highest BCUT2D eigenvalue weighted by atomic mass is 79.9. The molecule has 0 aromatic rings. The van der Waals surface area contributed by atoms with E-state index in [9.17, 15) is 0 Å². The van der Waals surface area contributed by atoms with Crippen LogP contribution in [0.15, 0.2) is 0 Å².